The molecule has 2 aromatic rings. The van der Waals surface area contributed by atoms with Gasteiger partial charge in [0, 0.05) is 6.54 Å². The third-order valence-electron chi connectivity index (χ3n) is 2.82. The van der Waals surface area contributed by atoms with Crippen LogP contribution in [0.25, 0.3) is 0 Å². The zero-order chi connectivity index (χ0) is 15.1. The van der Waals surface area contributed by atoms with Gasteiger partial charge in [0.1, 0.15) is 11.5 Å². The van der Waals surface area contributed by atoms with Crippen LogP contribution in [0.5, 0.6) is 5.75 Å². The van der Waals surface area contributed by atoms with Gasteiger partial charge in [-0.25, -0.2) is 0 Å². The number of methoxy groups -OCH3 is 1. The van der Waals surface area contributed by atoms with Gasteiger partial charge < -0.3 is 19.8 Å². The highest BCUT2D eigenvalue weighted by molar-refractivity contribution is 6.35. The Morgan fingerprint density at radius 2 is 1.71 bits per heavy atom. The smallest absolute Gasteiger partial charge is 0.309 e. The van der Waals surface area contributed by atoms with Crippen molar-refractivity contribution in [1.29, 1.82) is 0 Å². The SMILES string of the molecule is COc1ccc(CNC(=O)C(=O)NCc2ccco2)cc1. The molecular weight excluding hydrogens is 272 g/mol. The van der Waals surface area contributed by atoms with Gasteiger partial charge >= 0.3 is 11.8 Å². The molecule has 2 N–H and O–H groups in total. The van der Waals surface area contributed by atoms with Crippen LogP contribution in [-0.4, -0.2) is 18.9 Å². The van der Waals surface area contributed by atoms with Gasteiger partial charge in [-0.15, -0.1) is 0 Å². The summed E-state index contributed by atoms with van der Waals surface area (Å²) in [5.74, 6) is -0.0511. The monoisotopic (exact) mass is 288 g/mol. The first-order chi connectivity index (χ1) is 10.2. The van der Waals surface area contributed by atoms with E-state index in [2.05, 4.69) is 10.6 Å². The van der Waals surface area contributed by atoms with Gasteiger partial charge in [0.25, 0.3) is 0 Å². The second-order valence-corrected chi connectivity index (χ2v) is 4.29. The van der Waals surface area contributed by atoms with Crippen molar-refractivity contribution < 1.29 is 18.7 Å². The Morgan fingerprint density at radius 3 is 2.29 bits per heavy atom. The summed E-state index contributed by atoms with van der Waals surface area (Å²) >= 11 is 0. The van der Waals surface area contributed by atoms with Crippen LogP contribution in [0.3, 0.4) is 0 Å². The first kappa shape index (κ1) is 14.6. The molecule has 0 radical (unpaired) electrons. The Labute approximate surface area is 122 Å². The lowest BCUT2D eigenvalue weighted by Crippen LogP contribution is -2.39. The zero-order valence-corrected chi connectivity index (χ0v) is 11.6. The van der Waals surface area contributed by atoms with Crippen LogP contribution < -0.4 is 15.4 Å². The highest BCUT2D eigenvalue weighted by atomic mass is 16.5. The van der Waals surface area contributed by atoms with E-state index < -0.39 is 11.8 Å². The number of amides is 2. The third kappa shape index (κ3) is 4.38. The molecule has 0 fully saturated rings. The van der Waals surface area contributed by atoms with Crippen molar-refractivity contribution >= 4 is 11.8 Å². The summed E-state index contributed by atoms with van der Waals surface area (Å²) in [6.45, 7) is 0.457. The first-order valence-electron chi connectivity index (χ1n) is 6.40. The van der Waals surface area contributed by atoms with Crippen molar-refractivity contribution in [2.45, 2.75) is 13.1 Å². The van der Waals surface area contributed by atoms with Gasteiger partial charge in [0.05, 0.1) is 19.9 Å². The van der Waals surface area contributed by atoms with Crippen LogP contribution >= 0.6 is 0 Å². The predicted octanol–water partition coefficient (Wildman–Crippen LogP) is 1.22. The van der Waals surface area contributed by atoms with Crippen LogP contribution in [0.15, 0.2) is 47.1 Å². The lowest BCUT2D eigenvalue weighted by Gasteiger charge is -2.06. The molecule has 0 saturated heterocycles. The number of nitrogens with one attached hydrogen (secondary N) is 2. The molecule has 2 rings (SSSR count). The third-order valence-corrected chi connectivity index (χ3v) is 2.82. The summed E-state index contributed by atoms with van der Waals surface area (Å²) in [5, 5.41) is 5.02. The van der Waals surface area contributed by atoms with Crippen LogP contribution in [0.2, 0.25) is 0 Å². The van der Waals surface area contributed by atoms with Crippen LogP contribution in [0.1, 0.15) is 11.3 Å². The lowest BCUT2D eigenvalue weighted by molar-refractivity contribution is -0.139. The van der Waals surface area contributed by atoms with Gasteiger partial charge in [-0.2, -0.15) is 0 Å². The summed E-state index contributed by atoms with van der Waals surface area (Å²) in [6, 6.07) is 10.7. The average molecular weight is 288 g/mol. The van der Waals surface area contributed by atoms with Crippen LogP contribution in [0.4, 0.5) is 0 Å². The molecule has 0 unspecified atom stereocenters. The molecule has 1 aromatic heterocycles. The number of ether oxygens (including phenoxy) is 1. The molecule has 6 heteroatoms. The minimum Gasteiger partial charge on any atom is -0.497 e. The van der Waals surface area contributed by atoms with Crippen molar-refractivity contribution in [2.24, 2.45) is 0 Å². The van der Waals surface area contributed by atoms with E-state index in [0.717, 1.165) is 11.3 Å². The van der Waals surface area contributed by atoms with E-state index in [-0.39, 0.29) is 13.1 Å². The number of hydrogen-bond donors (Lipinski definition) is 2. The molecule has 2 amide bonds. The number of carbonyl (C=O) groups is 2. The molecule has 6 nitrogen and oxygen atoms in total. The Bertz CT molecular complexity index is 591. The number of hydrogen-bond acceptors (Lipinski definition) is 4. The van der Waals surface area contributed by atoms with E-state index in [1.54, 1.807) is 31.4 Å². The Balaban J connectivity index is 1.76. The van der Waals surface area contributed by atoms with Crippen LogP contribution in [-0.2, 0) is 22.7 Å². The molecule has 110 valence electrons. The zero-order valence-electron chi connectivity index (χ0n) is 11.6. The Kier molecular flexibility index (Phi) is 4.98. The van der Waals surface area contributed by atoms with Gasteiger partial charge in [-0.1, -0.05) is 12.1 Å². The summed E-state index contributed by atoms with van der Waals surface area (Å²) in [7, 11) is 1.58. The van der Waals surface area contributed by atoms with Gasteiger partial charge in [-0.05, 0) is 29.8 Å². The second-order valence-electron chi connectivity index (χ2n) is 4.29. The minimum atomic E-state index is -0.695. The maximum Gasteiger partial charge on any atom is 0.309 e. The van der Waals surface area contributed by atoms with E-state index in [4.69, 9.17) is 9.15 Å². The first-order valence-corrected chi connectivity index (χ1v) is 6.40. The predicted molar refractivity (Wildman–Crippen MR) is 75.4 cm³/mol. The number of furan rings is 1. The van der Waals surface area contributed by atoms with Gasteiger partial charge in [-0.3, -0.25) is 9.59 Å². The van der Waals surface area contributed by atoms with E-state index >= 15 is 0 Å². The van der Waals surface area contributed by atoms with Gasteiger partial charge in [0.2, 0.25) is 0 Å². The topological polar surface area (TPSA) is 80.6 Å². The van der Waals surface area contributed by atoms with Gasteiger partial charge in [0.15, 0.2) is 0 Å². The lowest BCUT2D eigenvalue weighted by atomic mass is 10.2. The summed E-state index contributed by atoms with van der Waals surface area (Å²) in [5.41, 5.74) is 0.878. The van der Waals surface area contributed by atoms with Crippen molar-refractivity contribution in [3.05, 3.63) is 54.0 Å². The van der Waals surface area contributed by atoms with Crippen LogP contribution in [0, 0.1) is 0 Å². The highest BCUT2D eigenvalue weighted by Crippen LogP contribution is 2.10. The average Bonchev–Trinajstić information content (AvgIpc) is 3.04. The second kappa shape index (κ2) is 7.14. The molecule has 0 saturated carbocycles. The number of rotatable bonds is 5. The largest absolute Gasteiger partial charge is 0.497 e. The Hall–Kier alpha value is -2.76. The molecule has 0 aliphatic carbocycles. The molecule has 21 heavy (non-hydrogen) atoms. The van der Waals surface area contributed by atoms with Crippen molar-refractivity contribution in [1.82, 2.24) is 10.6 Å². The molecule has 0 aliphatic rings. The maximum absolute atomic E-state index is 11.6. The molecule has 0 bridgehead atoms. The normalized spacial score (nSPS) is 9.95. The quantitative estimate of drug-likeness (QED) is 0.811. The fourth-order valence-electron chi connectivity index (χ4n) is 1.67. The summed E-state index contributed by atoms with van der Waals surface area (Å²) in [6.07, 6.45) is 1.51. The molecule has 1 aromatic carbocycles. The Morgan fingerprint density at radius 1 is 1.05 bits per heavy atom. The molecule has 0 atom stereocenters. The van der Waals surface area contributed by atoms with E-state index in [1.165, 1.54) is 6.26 Å². The van der Waals surface area contributed by atoms with E-state index in [1.807, 2.05) is 12.1 Å². The fraction of sp³-hybridized carbons (Fsp3) is 0.200. The molecular formula is C15H16N2O4. The summed E-state index contributed by atoms with van der Waals surface area (Å²) < 4.78 is 10.1. The van der Waals surface area contributed by atoms with Crippen molar-refractivity contribution in [3.63, 3.8) is 0 Å². The summed E-state index contributed by atoms with van der Waals surface area (Å²) in [4.78, 5) is 23.2. The van der Waals surface area contributed by atoms with E-state index in [9.17, 15) is 9.59 Å². The number of carbonyl (C=O) groups excluding carboxylic acids is 2. The number of benzene rings is 1. The minimum absolute atomic E-state index is 0.182. The maximum atomic E-state index is 11.6. The standard InChI is InChI=1S/C15H16N2O4/c1-20-12-6-4-11(5-7-12)9-16-14(18)15(19)17-10-13-3-2-8-21-13/h2-8H,9-10H2,1H3,(H,16,18)(H,17,19). The highest BCUT2D eigenvalue weighted by Gasteiger charge is 2.12. The van der Waals surface area contributed by atoms with Crippen molar-refractivity contribution in [3.8, 4) is 5.75 Å². The fourth-order valence-corrected chi connectivity index (χ4v) is 1.67. The van der Waals surface area contributed by atoms with Crippen molar-refractivity contribution in [2.75, 3.05) is 7.11 Å². The molecule has 0 aliphatic heterocycles. The molecule has 1 heterocycles. The van der Waals surface area contributed by atoms with E-state index in [0.29, 0.717) is 5.76 Å². The molecule has 0 spiro atoms.